The second-order valence-corrected chi connectivity index (χ2v) is 5.03. The van der Waals surface area contributed by atoms with E-state index in [1.54, 1.807) is 38.1 Å². The molecule has 6 nitrogen and oxygen atoms in total. The zero-order chi connectivity index (χ0) is 18.2. The van der Waals surface area contributed by atoms with Gasteiger partial charge in [0.1, 0.15) is 5.75 Å². The summed E-state index contributed by atoms with van der Waals surface area (Å²) in [6.45, 7) is 3.84. The first-order chi connectivity index (χ1) is 12.0. The Balaban J connectivity index is 2.40. The molecule has 0 radical (unpaired) electrons. The van der Waals surface area contributed by atoms with E-state index in [4.69, 9.17) is 9.47 Å². The minimum atomic E-state index is -0.548. The average molecular weight is 341 g/mol. The lowest BCUT2D eigenvalue weighted by atomic mass is 10.1. The highest BCUT2D eigenvalue weighted by Gasteiger charge is 2.14. The minimum absolute atomic E-state index is 0.0819. The molecule has 0 aliphatic heterocycles. The SMILES string of the molecule is CCOC(=O)c1cc(N=Cc2ccccc2O)cc(C(=O)OCC)c1. The molecule has 0 aliphatic rings. The van der Waals surface area contributed by atoms with Crippen molar-refractivity contribution in [2.45, 2.75) is 13.8 Å². The van der Waals surface area contributed by atoms with Gasteiger partial charge in [0.2, 0.25) is 0 Å². The van der Waals surface area contributed by atoms with Gasteiger partial charge in [-0.1, -0.05) is 12.1 Å². The Morgan fingerprint density at radius 1 is 1.00 bits per heavy atom. The normalized spacial score (nSPS) is 10.6. The molecule has 0 aromatic heterocycles. The molecule has 0 spiro atoms. The van der Waals surface area contributed by atoms with Crippen LogP contribution in [0.2, 0.25) is 0 Å². The van der Waals surface area contributed by atoms with Crippen LogP contribution in [0.5, 0.6) is 5.75 Å². The summed E-state index contributed by atoms with van der Waals surface area (Å²) in [4.78, 5) is 28.2. The van der Waals surface area contributed by atoms with Gasteiger partial charge in [-0.3, -0.25) is 4.99 Å². The molecule has 0 unspecified atom stereocenters. The number of esters is 2. The van der Waals surface area contributed by atoms with E-state index in [2.05, 4.69) is 4.99 Å². The van der Waals surface area contributed by atoms with Crippen molar-refractivity contribution in [3.8, 4) is 5.75 Å². The van der Waals surface area contributed by atoms with Gasteiger partial charge >= 0.3 is 11.9 Å². The third-order valence-corrected chi connectivity index (χ3v) is 3.23. The fraction of sp³-hybridized carbons (Fsp3) is 0.211. The van der Waals surface area contributed by atoms with Gasteiger partial charge in [0.15, 0.2) is 0 Å². The summed E-state index contributed by atoms with van der Waals surface area (Å²) in [5.41, 5.74) is 1.30. The van der Waals surface area contributed by atoms with Crippen LogP contribution in [0.15, 0.2) is 47.5 Å². The molecule has 130 valence electrons. The number of ether oxygens (including phenoxy) is 2. The highest BCUT2D eigenvalue weighted by molar-refractivity contribution is 5.97. The number of carbonyl (C=O) groups excluding carboxylic acids is 2. The Morgan fingerprint density at radius 2 is 1.56 bits per heavy atom. The first-order valence-corrected chi connectivity index (χ1v) is 7.86. The molecule has 6 heteroatoms. The third kappa shape index (κ3) is 4.91. The Kier molecular flexibility index (Phi) is 6.28. The Morgan fingerprint density at radius 3 is 2.08 bits per heavy atom. The number of carbonyl (C=O) groups is 2. The van der Waals surface area contributed by atoms with Gasteiger partial charge in [-0.25, -0.2) is 9.59 Å². The standard InChI is InChI=1S/C19H19NO5/c1-3-24-18(22)14-9-15(19(23)25-4-2)11-16(10-14)20-12-13-7-5-6-8-17(13)21/h5-12,21H,3-4H2,1-2H3. The van der Waals surface area contributed by atoms with Crippen molar-refractivity contribution in [2.75, 3.05) is 13.2 Å². The van der Waals surface area contributed by atoms with Gasteiger partial charge in [0.05, 0.1) is 30.0 Å². The van der Waals surface area contributed by atoms with Crippen molar-refractivity contribution < 1.29 is 24.2 Å². The minimum Gasteiger partial charge on any atom is -0.507 e. The fourth-order valence-corrected chi connectivity index (χ4v) is 2.09. The maximum Gasteiger partial charge on any atom is 0.338 e. The molecular formula is C19H19NO5. The summed E-state index contributed by atoms with van der Waals surface area (Å²) in [7, 11) is 0. The zero-order valence-corrected chi connectivity index (χ0v) is 14.1. The van der Waals surface area contributed by atoms with E-state index in [0.29, 0.717) is 11.3 Å². The van der Waals surface area contributed by atoms with Crippen molar-refractivity contribution in [1.29, 1.82) is 0 Å². The van der Waals surface area contributed by atoms with Crippen LogP contribution in [-0.2, 0) is 9.47 Å². The molecule has 1 N–H and O–H groups in total. The first kappa shape index (κ1) is 18.2. The molecule has 0 heterocycles. The number of hydrogen-bond donors (Lipinski definition) is 1. The van der Waals surface area contributed by atoms with E-state index in [0.717, 1.165) is 0 Å². The lowest BCUT2D eigenvalue weighted by Crippen LogP contribution is -2.09. The van der Waals surface area contributed by atoms with Crippen molar-refractivity contribution >= 4 is 23.8 Å². The quantitative estimate of drug-likeness (QED) is 0.642. The zero-order valence-electron chi connectivity index (χ0n) is 14.1. The lowest BCUT2D eigenvalue weighted by molar-refractivity contribution is 0.0525. The number of phenolic OH excluding ortho intramolecular Hbond substituents is 1. The highest BCUT2D eigenvalue weighted by Crippen LogP contribution is 2.21. The van der Waals surface area contributed by atoms with Crippen molar-refractivity contribution in [2.24, 2.45) is 4.99 Å². The van der Waals surface area contributed by atoms with Crippen LogP contribution in [0.4, 0.5) is 5.69 Å². The molecular weight excluding hydrogens is 322 g/mol. The van der Waals surface area contributed by atoms with Crippen LogP contribution in [0.1, 0.15) is 40.1 Å². The monoisotopic (exact) mass is 341 g/mol. The summed E-state index contributed by atoms with van der Waals surface area (Å²) in [6, 6.07) is 11.1. The van der Waals surface area contributed by atoms with Gasteiger partial charge in [-0.05, 0) is 44.2 Å². The molecule has 0 amide bonds. The van der Waals surface area contributed by atoms with Crippen LogP contribution in [0, 0.1) is 0 Å². The van der Waals surface area contributed by atoms with Gasteiger partial charge < -0.3 is 14.6 Å². The number of aliphatic imine (C=N–C) groups is 1. The Labute approximate surface area is 145 Å². The van der Waals surface area contributed by atoms with Crippen LogP contribution < -0.4 is 0 Å². The Bertz CT molecular complexity index is 762. The van der Waals surface area contributed by atoms with Crippen LogP contribution in [0.25, 0.3) is 0 Å². The molecule has 0 aliphatic carbocycles. The fourth-order valence-electron chi connectivity index (χ4n) is 2.09. The van der Waals surface area contributed by atoms with Crippen LogP contribution >= 0.6 is 0 Å². The molecule has 0 saturated heterocycles. The number of aromatic hydroxyl groups is 1. The molecule has 2 rings (SSSR count). The molecule has 25 heavy (non-hydrogen) atoms. The molecule has 2 aromatic rings. The summed E-state index contributed by atoms with van der Waals surface area (Å²) in [6.07, 6.45) is 1.45. The number of rotatable bonds is 6. The largest absolute Gasteiger partial charge is 0.507 e. The van der Waals surface area contributed by atoms with E-state index >= 15 is 0 Å². The number of phenols is 1. The van der Waals surface area contributed by atoms with E-state index in [1.807, 2.05) is 0 Å². The topological polar surface area (TPSA) is 85.2 Å². The molecule has 0 atom stereocenters. The number of para-hydroxylation sites is 1. The summed E-state index contributed by atoms with van der Waals surface area (Å²) < 4.78 is 9.95. The maximum atomic E-state index is 12.0. The second-order valence-electron chi connectivity index (χ2n) is 5.03. The van der Waals surface area contributed by atoms with E-state index in [9.17, 15) is 14.7 Å². The van der Waals surface area contributed by atoms with E-state index < -0.39 is 11.9 Å². The van der Waals surface area contributed by atoms with Crippen molar-refractivity contribution in [1.82, 2.24) is 0 Å². The second kappa shape index (κ2) is 8.63. The highest BCUT2D eigenvalue weighted by atomic mass is 16.5. The predicted octanol–water partition coefficient (Wildman–Crippen LogP) is 3.50. The van der Waals surface area contributed by atoms with Crippen molar-refractivity contribution in [3.63, 3.8) is 0 Å². The molecule has 2 aromatic carbocycles. The van der Waals surface area contributed by atoms with Gasteiger partial charge in [-0.2, -0.15) is 0 Å². The van der Waals surface area contributed by atoms with Gasteiger partial charge in [-0.15, -0.1) is 0 Å². The van der Waals surface area contributed by atoms with Crippen LogP contribution in [-0.4, -0.2) is 36.5 Å². The summed E-state index contributed by atoms with van der Waals surface area (Å²) in [5, 5.41) is 9.77. The van der Waals surface area contributed by atoms with Crippen LogP contribution in [0.3, 0.4) is 0 Å². The smallest absolute Gasteiger partial charge is 0.338 e. The Hall–Kier alpha value is -3.15. The summed E-state index contributed by atoms with van der Waals surface area (Å²) >= 11 is 0. The van der Waals surface area contributed by atoms with E-state index in [1.165, 1.54) is 24.4 Å². The van der Waals surface area contributed by atoms with E-state index in [-0.39, 0.29) is 30.1 Å². The average Bonchev–Trinajstić information content (AvgIpc) is 2.61. The lowest BCUT2D eigenvalue weighted by Gasteiger charge is -2.07. The summed E-state index contributed by atoms with van der Waals surface area (Å²) in [5.74, 6) is -1.02. The molecule has 0 bridgehead atoms. The molecule has 0 saturated carbocycles. The predicted molar refractivity (Wildman–Crippen MR) is 93.7 cm³/mol. The number of benzene rings is 2. The third-order valence-electron chi connectivity index (χ3n) is 3.23. The molecule has 0 fully saturated rings. The van der Waals surface area contributed by atoms with Crippen molar-refractivity contribution in [3.05, 3.63) is 59.2 Å². The maximum absolute atomic E-state index is 12.0. The van der Waals surface area contributed by atoms with Gasteiger partial charge in [0.25, 0.3) is 0 Å². The van der Waals surface area contributed by atoms with Gasteiger partial charge in [0, 0.05) is 11.8 Å². The number of hydrogen-bond acceptors (Lipinski definition) is 6. The first-order valence-electron chi connectivity index (χ1n) is 7.86. The number of nitrogens with zero attached hydrogens (tertiary/aromatic N) is 1.